The van der Waals surface area contributed by atoms with Crippen LogP contribution in [0.2, 0.25) is 5.02 Å². The van der Waals surface area contributed by atoms with Gasteiger partial charge in [-0.1, -0.05) is 11.6 Å². The Morgan fingerprint density at radius 2 is 1.86 bits per heavy atom. The van der Waals surface area contributed by atoms with Gasteiger partial charge in [0, 0.05) is 22.3 Å². The van der Waals surface area contributed by atoms with Crippen molar-refractivity contribution in [2.45, 2.75) is 18.6 Å². The number of amides is 2. The Balaban J connectivity index is 1.75. The van der Waals surface area contributed by atoms with Crippen molar-refractivity contribution in [3.63, 3.8) is 0 Å². The quantitative estimate of drug-likeness (QED) is 0.397. The molecule has 14 heteroatoms. The second kappa shape index (κ2) is 10.8. The van der Waals surface area contributed by atoms with E-state index in [2.05, 4.69) is 20.8 Å². The lowest BCUT2D eigenvalue weighted by Crippen LogP contribution is -2.45. The van der Waals surface area contributed by atoms with Crippen LogP contribution in [-0.4, -0.2) is 55.3 Å². The zero-order valence-corrected chi connectivity index (χ0v) is 18.3. The Bertz CT molecular complexity index is 1250. The Labute approximate surface area is 200 Å². The molecule has 3 N–H and O–H groups in total. The zero-order chi connectivity index (χ0) is 25.6. The first-order valence-electron chi connectivity index (χ1n) is 9.74. The van der Waals surface area contributed by atoms with E-state index in [1.165, 1.54) is 47.4 Å². The molecule has 0 saturated heterocycles. The zero-order valence-electron chi connectivity index (χ0n) is 17.5. The third-order valence-corrected chi connectivity index (χ3v) is 4.70. The van der Waals surface area contributed by atoms with Gasteiger partial charge in [-0.05, 0) is 59.0 Å². The second-order valence-corrected chi connectivity index (χ2v) is 7.48. The lowest BCUT2D eigenvalue weighted by atomic mass is 10.1. The Morgan fingerprint density at radius 3 is 2.46 bits per heavy atom. The number of aromatic nitrogens is 4. The first kappa shape index (κ1) is 25.4. The molecule has 0 saturated carbocycles. The fourth-order valence-corrected chi connectivity index (χ4v) is 3.07. The van der Waals surface area contributed by atoms with Crippen LogP contribution in [-0.2, 0) is 9.59 Å². The average molecular weight is 509 g/mol. The minimum absolute atomic E-state index is 0.0574. The molecule has 0 aliphatic heterocycles. The summed E-state index contributed by atoms with van der Waals surface area (Å²) in [5.41, 5.74) is 0.811. The largest absolute Gasteiger partial charge is 0.478 e. The number of tetrazole rings is 1. The highest BCUT2D eigenvalue weighted by Crippen LogP contribution is 2.23. The molecule has 1 unspecified atom stereocenters. The lowest BCUT2D eigenvalue weighted by Gasteiger charge is -2.19. The third kappa shape index (κ3) is 7.37. The van der Waals surface area contributed by atoms with Gasteiger partial charge in [-0.2, -0.15) is 17.9 Å². The Hall–Kier alpha value is -4.26. The number of aromatic carboxylic acids is 1. The van der Waals surface area contributed by atoms with E-state index in [4.69, 9.17) is 16.7 Å². The maximum atomic E-state index is 13.1. The Morgan fingerprint density at radius 1 is 1.14 bits per heavy atom. The van der Waals surface area contributed by atoms with Crippen molar-refractivity contribution in [2.75, 3.05) is 5.32 Å². The molecule has 1 atom stereocenters. The van der Waals surface area contributed by atoms with E-state index in [1.54, 1.807) is 12.1 Å². The third-order valence-electron chi connectivity index (χ3n) is 4.47. The fraction of sp³-hybridized carbons (Fsp3) is 0.143. The van der Waals surface area contributed by atoms with Crippen LogP contribution in [0.3, 0.4) is 0 Å². The van der Waals surface area contributed by atoms with Crippen molar-refractivity contribution < 1.29 is 32.7 Å². The summed E-state index contributed by atoms with van der Waals surface area (Å²) >= 11 is 5.99. The number of rotatable bonds is 8. The number of benzene rings is 2. The number of hydrogen-bond donors (Lipinski definition) is 3. The van der Waals surface area contributed by atoms with Gasteiger partial charge < -0.3 is 15.7 Å². The molecule has 0 fully saturated rings. The number of carbonyl (C=O) groups excluding carboxylic acids is 2. The summed E-state index contributed by atoms with van der Waals surface area (Å²) < 4.78 is 40.4. The molecular formula is C21H16ClF3N6O4. The maximum Gasteiger partial charge on any atom is 0.391 e. The van der Waals surface area contributed by atoms with E-state index >= 15 is 0 Å². The SMILES string of the molecule is O=C(/C=C/c1cc(Cl)ccc1-n1cnnn1)NC(CC(F)(F)F)C(=O)Nc1ccc(C(=O)O)cc1. The van der Waals surface area contributed by atoms with E-state index < -0.39 is 36.4 Å². The van der Waals surface area contributed by atoms with Crippen LogP contribution in [0, 0.1) is 0 Å². The number of carboxylic acid groups (broad SMARTS) is 1. The van der Waals surface area contributed by atoms with E-state index in [-0.39, 0.29) is 11.3 Å². The standard InChI is InChI=1S/C21H16ClF3N6O4/c22-14-4-7-17(31-11-26-29-30-31)13(9-14)3-8-18(32)28-16(10-21(23,24)25)19(33)27-15-5-1-12(2-6-15)20(34)35/h1-9,11,16H,10H2,(H,27,33)(H,28,32)(H,34,35)/b8-3+. The van der Waals surface area contributed by atoms with Gasteiger partial charge in [0.1, 0.15) is 12.4 Å². The predicted molar refractivity (Wildman–Crippen MR) is 118 cm³/mol. The van der Waals surface area contributed by atoms with Gasteiger partial charge in [-0.25, -0.2) is 4.79 Å². The van der Waals surface area contributed by atoms with E-state index in [0.717, 1.165) is 6.08 Å². The molecule has 2 aromatic carbocycles. The van der Waals surface area contributed by atoms with Crippen molar-refractivity contribution in [1.82, 2.24) is 25.5 Å². The van der Waals surface area contributed by atoms with E-state index in [1.807, 2.05) is 5.32 Å². The van der Waals surface area contributed by atoms with Crippen molar-refractivity contribution in [3.05, 3.63) is 71.0 Å². The molecule has 0 aliphatic rings. The average Bonchev–Trinajstić information content (AvgIpc) is 3.31. The van der Waals surface area contributed by atoms with Gasteiger partial charge >= 0.3 is 12.1 Å². The topological polar surface area (TPSA) is 139 Å². The molecule has 0 bridgehead atoms. The van der Waals surface area contributed by atoms with Crippen LogP contribution < -0.4 is 10.6 Å². The summed E-state index contributed by atoms with van der Waals surface area (Å²) in [4.78, 5) is 35.8. The molecule has 2 amide bonds. The van der Waals surface area contributed by atoms with Crippen molar-refractivity contribution in [2.24, 2.45) is 0 Å². The lowest BCUT2D eigenvalue weighted by molar-refractivity contribution is -0.148. The summed E-state index contributed by atoms with van der Waals surface area (Å²) in [5.74, 6) is -3.32. The number of nitrogens with one attached hydrogen (secondary N) is 2. The highest BCUT2D eigenvalue weighted by atomic mass is 35.5. The molecule has 3 rings (SSSR count). The summed E-state index contributed by atoms with van der Waals surface area (Å²) in [7, 11) is 0. The van der Waals surface area contributed by atoms with E-state index in [0.29, 0.717) is 16.3 Å². The molecule has 10 nitrogen and oxygen atoms in total. The second-order valence-electron chi connectivity index (χ2n) is 7.04. The highest BCUT2D eigenvalue weighted by Gasteiger charge is 2.36. The van der Waals surface area contributed by atoms with Crippen LogP contribution in [0.15, 0.2) is 54.9 Å². The van der Waals surface area contributed by atoms with E-state index in [9.17, 15) is 27.6 Å². The van der Waals surface area contributed by atoms with Crippen molar-refractivity contribution >= 4 is 41.1 Å². The van der Waals surface area contributed by atoms with Gasteiger partial charge in [0.05, 0.1) is 17.7 Å². The fourth-order valence-electron chi connectivity index (χ4n) is 2.89. The summed E-state index contributed by atoms with van der Waals surface area (Å²) in [6.07, 6.45) is -2.86. The van der Waals surface area contributed by atoms with Gasteiger partial charge in [-0.3, -0.25) is 9.59 Å². The van der Waals surface area contributed by atoms with Gasteiger partial charge in [-0.15, -0.1) is 5.10 Å². The van der Waals surface area contributed by atoms with Crippen LogP contribution in [0.5, 0.6) is 0 Å². The molecular weight excluding hydrogens is 493 g/mol. The number of carbonyl (C=O) groups is 3. The number of hydrogen-bond acceptors (Lipinski definition) is 6. The number of halogens is 4. The summed E-state index contributed by atoms with van der Waals surface area (Å²) in [6, 6.07) is 7.44. The van der Waals surface area contributed by atoms with Gasteiger partial charge in [0.15, 0.2) is 0 Å². The smallest absolute Gasteiger partial charge is 0.391 e. The molecule has 0 aliphatic carbocycles. The normalized spacial score (nSPS) is 12.3. The number of alkyl halides is 3. The molecule has 1 heterocycles. The van der Waals surface area contributed by atoms with Crippen LogP contribution in [0.25, 0.3) is 11.8 Å². The molecule has 3 aromatic rings. The first-order chi connectivity index (χ1) is 16.5. The number of nitrogens with zero attached hydrogens (tertiary/aromatic N) is 4. The van der Waals surface area contributed by atoms with Crippen molar-refractivity contribution in [3.8, 4) is 5.69 Å². The first-order valence-corrected chi connectivity index (χ1v) is 10.1. The summed E-state index contributed by atoms with van der Waals surface area (Å²) in [6.45, 7) is 0. The minimum atomic E-state index is -4.76. The molecule has 182 valence electrons. The maximum absolute atomic E-state index is 13.1. The molecule has 1 aromatic heterocycles. The predicted octanol–water partition coefficient (Wildman–Crippen LogP) is 3.10. The monoisotopic (exact) mass is 508 g/mol. The highest BCUT2D eigenvalue weighted by molar-refractivity contribution is 6.30. The molecule has 35 heavy (non-hydrogen) atoms. The van der Waals surface area contributed by atoms with Crippen LogP contribution in [0.4, 0.5) is 18.9 Å². The van der Waals surface area contributed by atoms with Crippen LogP contribution in [0.1, 0.15) is 22.3 Å². The van der Waals surface area contributed by atoms with Crippen LogP contribution >= 0.6 is 11.6 Å². The number of carboxylic acids is 1. The van der Waals surface area contributed by atoms with Gasteiger partial charge in [0.25, 0.3) is 0 Å². The Kier molecular flexibility index (Phi) is 7.81. The summed E-state index contributed by atoms with van der Waals surface area (Å²) in [5, 5.41) is 24.3. The molecule has 0 spiro atoms. The van der Waals surface area contributed by atoms with Gasteiger partial charge in [0.2, 0.25) is 11.8 Å². The minimum Gasteiger partial charge on any atom is -0.478 e. The van der Waals surface area contributed by atoms with Crippen molar-refractivity contribution in [1.29, 1.82) is 0 Å². The number of anilines is 1. The molecule has 0 radical (unpaired) electrons.